The van der Waals surface area contributed by atoms with Crippen LogP contribution in [0.3, 0.4) is 0 Å². The van der Waals surface area contributed by atoms with Crippen LogP contribution in [0.25, 0.3) is 0 Å². The highest BCUT2D eigenvalue weighted by Gasteiger charge is 2.20. The molecule has 1 fully saturated rings. The quantitative estimate of drug-likeness (QED) is 0.800. The topological polar surface area (TPSA) is 23.6 Å². The van der Waals surface area contributed by atoms with Crippen LogP contribution in [-0.2, 0) is 4.79 Å². The summed E-state index contributed by atoms with van der Waals surface area (Å²) in [6.45, 7) is 9.83. The predicted octanol–water partition coefficient (Wildman–Crippen LogP) is 2.36. The van der Waals surface area contributed by atoms with E-state index in [0.717, 1.165) is 26.2 Å². The Labute approximate surface area is 109 Å². The van der Waals surface area contributed by atoms with Gasteiger partial charge in [0.25, 0.3) is 0 Å². The summed E-state index contributed by atoms with van der Waals surface area (Å²) in [6.07, 6.45) is 0.615. The van der Waals surface area contributed by atoms with Gasteiger partial charge in [0.1, 0.15) is 0 Å². The summed E-state index contributed by atoms with van der Waals surface area (Å²) >= 11 is 0. The molecule has 0 saturated carbocycles. The molecule has 0 aliphatic carbocycles. The average Bonchev–Trinajstić information content (AvgIpc) is 2.41. The summed E-state index contributed by atoms with van der Waals surface area (Å²) in [5, 5.41) is 0. The van der Waals surface area contributed by atoms with E-state index in [1.54, 1.807) is 0 Å². The fraction of sp³-hybridized carbons (Fsp3) is 0.533. The Morgan fingerprint density at radius 2 is 1.83 bits per heavy atom. The van der Waals surface area contributed by atoms with Gasteiger partial charge in [-0.3, -0.25) is 4.79 Å². The summed E-state index contributed by atoms with van der Waals surface area (Å²) in [7, 11) is 0. The Kier molecular flexibility index (Phi) is 3.90. The Bertz CT molecular complexity index is 434. The third-order valence-electron chi connectivity index (χ3n) is 3.85. The maximum atomic E-state index is 11.6. The molecule has 1 aliphatic rings. The molecule has 0 radical (unpaired) electrons. The Hall–Kier alpha value is -1.51. The minimum atomic E-state index is 0.274. The van der Waals surface area contributed by atoms with Crippen molar-refractivity contribution < 1.29 is 4.79 Å². The van der Waals surface area contributed by atoms with Crippen LogP contribution in [0.4, 0.5) is 5.69 Å². The average molecular weight is 246 g/mol. The lowest BCUT2D eigenvalue weighted by Crippen LogP contribution is -2.48. The van der Waals surface area contributed by atoms with E-state index in [0.29, 0.717) is 6.42 Å². The van der Waals surface area contributed by atoms with Gasteiger partial charge in [-0.2, -0.15) is 0 Å². The molecule has 0 atom stereocenters. The van der Waals surface area contributed by atoms with E-state index in [1.165, 1.54) is 16.8 Å². The third-order valence-corrected chi connectivity index (χ3v) is 3.85. The predicted molar refractivity (Wildman–Crippen MR) is 75.0 cm³/mol. The minimum absolute atomic E-state index is 0.274. The van der Waals surface area contributed by atoms with Gasteiger partial charge in [-0.15, -0.1) is 0 Å². The van der Waals surface area contributed by atoms with Crippen molar-refractivity contribution in [2.45, 2.75) is 27.2 Å². The first-order chi connectivity index (χ1) is 8.63. The number of hydrogen-bond donors (Lipinski definition) is 0. The van der Waals surface area contributed by atoms with Crippen LogP contribution >= 0.6 is 0 Å². The molecule has 1 amide bonds. The van der Waals surface area contributed by atoms with Crippen LogP contribution in [0.5, 0.6) is 0 Å². The van der Waals surface area contributed by atoms with Gasteiger partial charge < -0.3 is 9.80 Å². The molecule has 0 aromatic heterocycles. The minimum Gasteiger partial charge on any atom is -0.368 e. The van der Waals surface area contributed by atoms with E-state index < -0.39 is 0 Å². The first-order valence-corrected chi connectivity index (χ1v) is 6.72. The normalized spacial score (nSPS) is 15.9. The Morgan fingerprint density at radius 1 is 1.17 bits per heavy atom. The third kappa shape index (κ3) is 2.50. The highest BCUT2D eigenvalue weighted by molar-refractivity contribution is 5.76. The molecule has 2 rings (SSSR count). The standard InChI is InChI=1S/C15H22N2O/c1-4-15(18)17-10-8-16(9-11-17)14-7-5-6-12(2)13(14)3/h5-7H,4,8-11H2,1-3H3. The van der Waals surface area contributed by atoms with Crippen LogP contribution in [0.1, 0.15) is 24.5 Å². The van der Waals surface area contributed by atoms with Crippen LogP contribution in [0.2, 0.25) is 0 Å². The number of aryl methyl sites for hydroxylation is 1. The van der Waals surface area contributed by atoms with Gasteiger partial charge in [0, 0.05) is 38.3 Å². The lowest BCUT2D eigenvalue weighted by atomic mass is 10.1. The monoisotopic (exact) mass is 246 g/mol. The van der Waals surface area contributed by atoms with Crippen molar-refractivity contribution in [3.63, 3.8) is 0 Å². The molecule has 1 heterocycles. The maximum absolute atomic E-state index is 11.6. The lowest BCUT2D eigenvalue weighted by Gasteiger charge is -2.37. The molecule has 1 saturated heterocycles. The lowest BCUT2D eigenvalue weighted by molar-refractivity contribution is -0.131. The SMILES string of the molecule is CCC(=O)N1CCN(c2cccc(C)c2C)CC1. The number of piperazine rings is 1. The second kappa shape index (κ2) is 5.42. The highest BCUT2D eigenvalue weighted by Crippen LogP contribution is 2.23. The van der Waals surface area contributed by atoms with E-state index in [4.69, 9.17) is 0 Å². The molecule has 0 N–H and O–H groups in total. The van der Waals surface area contributed by atoms with E-state index in [9.17, 15) is 4.79 Å². The zero-order chi connectivity index (χ0) is 13.1. The van der Waals surface area contributed by atoms with Gasteiger partial charge in [-0.1, -0.05) is 19.1 Å². The van der Waals surface area contributed by atoms with Crippen molar-refractivity contribution in [1.29, 1.82) is 0 Å². The number of carbonyl (C=O) groups is 1. The molecule has 1 aliphatic heterocycles. The van der Waals surface area contributed by atoms with E-state index >= 15 is 0 Å². The molecule has 3 heteroatoms. The number of rotatable bonds is 2. The van der Waals surface area contributed by atoms with Gasteiger partial charge in [-0.25, -0.2) is 0 Å². The van der Waals surface area contributed by atoms with Crippen LogP contribution < -0.4 is 4.90 Å². The van der Waals surface area contributed by atoms with Crippen molar-refractivity contribution in [3.8, 4) is 0 Å². The zero-order valence-corrected chi connectivity index (χ0v) is 11.6. The molecular weight excluding hydrogens is 224 g/mol. The molecule has 0 bridgehead atoms. The van der Waals surface area contributed by atoms with Crippen LogP contribution in [-0.4, -0.2) is 37.0 Å². The molecule has 1 aromatic rings. The fourth-order valence-corrected chi connectivity index (χ4v) is 2.50. The zero-order valence-electron chi connectivity index (χ0n) is 11.6. The van der Waals surface area contributed by atoms with E-state index in [1.807, 2.05) is 11.8 Å². The largest absolute Gasteiger partial charge is 0.368 e. The summed E-state index contributed by atoms with van der Waals surface area (Å²) in [4.78, 5) is 16.0. The summed E-state index contributed by atoms with van der Waals surface area (Å²) in [5.41, 5.74) is 4.01. The first kappa shape index (κ1) is 12.9. The van der Waals surface area contributed by atoms with Crippen molar-refractivity contribution in [2.24, 2.45) is 0 Å². The second-order valence-corrected chi connectivity index (χ2v) is 4.94. The van der Waals surface area contributed by atoms with Crippen molar-refractivity contribution in [2.75, 3.05) is 31.1 Å². The number of carbonyl (C=O) groups excluding carboxylic acids is 1. The molecule has 98 valence electrons. The molecule has 18 heavy (non-hydrogen) atoms. The second-order valence-electron chi connectivity index (χ2n) is 4.94. The number of anilines is 1. The van der Waals surface area contributed by atoms with E-state index in [2.05, 4.69) is 36.9 Å². The molecule has 0 unspecified atom stereocenters. The highest BCUT2D eigenvalue weighted by atomic mass is 16.2. The first-order valence-electron chi connectivity index (χ1n) is 6.72. The van der Waals surface area contributed by atoms with Crippen molar-refractivity contribution in [1.82, 2.24) is 4.90 Å². The Balaban J connectivity index is 2.06. The maximum Gasteiger partial charge on any atom is 0.222 e. The van der Waals surface area contributed by atoms with Crippen LogP contribution in [0, 0.1) is 13.8 Å². The number of nitrogens with zero attached hydrogens (tertiary/aromatic N) is 2. The summed E-state index contributed by atoms with van der Waals surface area (Å²) in [6, 6.07) is 6.44. The van der Waals surface area contributed by atoms with Gasteiger partial charge in [0.2, 0.25) is 5.91 Å². The number of hydrogen-bond acceptors (Lipinski definition) is 2. The number of amides is 1. The van der Waals surface area contributed by atoms with Crippen molar-refractivity contribution in [3.05, 3.63) is 29.3 Å². The molecule has 0 spiro atoms. The molecule has 1 aromatic carbocycles. The molecule has 3 nitrogen and oxygen atoms in total. The van der Waals surface area contributed by atoms with Crippen molar-refractivity contribution >= 4 is 11.6 Å². The summed E-state index contributed by atoms with van der Waals surface area (Å²) < 4.78 is 0. The van der Waals surface area contributed by atoms with Crippen LogP contribution in [0.15, 0.2) is 18.2 Å². The summed E-state index contributed by atoms with van der Waals surface area (Å²) in [5.74, 6) is 0.274. The van der Waals surface area contributed by atoms with Gasteiger partial charge in [0.15, 0.2) is 0 Å². The van der Waals surface area contributed by atoms with Gasteiger partial charge >= 0.3 is 0 Å². The Morgan fingerprint density at radius 3 is 2.44 bits per heavy atom. The van der Waals surface area contributed by atoms with Gasteiger partial charge in [0.05, 0.1) is 0 Å². The van der Waals surface area contributed by atoms with E-state index in [-0.39, 0.29) is 5.91 Å². The smallest absolute Gasteiger partial charge is 0.222 e. The number of benzene rings is 1. The van der Waals surface area contributed by atoms with Gasteiger partial charge in [-0.05, 0) is 31.0 Å². The fourth-order valence-electron chi connectivity index (χ4n) is 2.50. The molecular formula is C15H22N2O.